The molecule has 664 valence electrons. The summed E-state index contributed by atoms with van der Waals surface area (Å²) in [7, 11) is -20.8. The van der Waals surface area contributed by atoms with Crippen LogP contribution in [-0.4, -0.2) is 228 Å². The molecule has 1 saturated heterocycles. The maximum atomic E-state index is 14.7. The number of nitrogens with two attached hydrogens (primary N) is 1. The minimum absolute atomic E-state index is 0.00337. The third-order valence-electron chi connectivity index (χ3n) is 19.5. The Hall–Kier alpha value is -8.93. The second-order valence-electron chi connectivity index (χ2n) is 28.4. The highest BCUT2D eigenvalue weighted by Crippen LogP contribution is 2.66. The van der Waals surface area contributed by atoms with E-state index in [2.05, 4.69) is 82.7 Å². The third kappa shape index (κ3) is 29.6. The summed E-state index contributed by atoms with van der Waals surface area (Å²) in [5.41, 5.74) is 30.5. The van der Waals surface area contributed by atoms with Crippen molar-refractivity contribution in [1.29, 1.82) is 0 Å². The van der Waals surface area contributed by atoms with Crippen molar-refractivity contribution < 1.29 is 125 Å². The molecule has 4 aromatic carbocycles. The van der Waals surface area contributed by atoms with Gasteiger partial charge in [-0.05, 0) is 104 Å². The van der Waals surface area contributed by atoms with E-state index < -0.39 is 106 Å². The topological polar surface area (TPSA) is 600 Å². The van der Waals surface area contributed by atoms with Crippen LogP contribution in [0, 0.1) is 11.8 Å². The average Bonchev–Trinajstić information content (AvgIpc) is 1.50. The Labute approximate surface area is 713 Å². The maximum absolute atomic E-state index is 14.7. The summed E-state index contributed by atoms with van der Waals surface area (Å²) >= 11 is 0. The second-order valence-corrected chi connectivity index (χ2v) is 38.6. The molecule has 0 spiro atoms. The van der Waals surface area contributed by atoms with E-state index in [0.29, 0.717) is 99.0 Å². The Kier molecular flexibility index (Phi) is 35.5. The third-order valence-corrected chi connectivity index (χ3v) is 27.4. The van der Waals surface area contributed by atoms with Gasteiger partial charge < -0.3 is 83.3 Å². The zero-order valence-electron chi connectivity index (χ0n) is 66.4. The lowest BCUT2D eigenvalue weighted by atomic mass is 9.86. The van der Waals surface area contributed by atoms with Crippen LogP contribution in [-0.2, 0) is 93.2 Å². The Morgan fingerprint density at radius 1 is 0.854 bits per heavy atom. The minimum Gasteiger partial charge on any atom is -0.748 e. The fourth-order valence-electron chi connectivity index (χ4n) is 14.0. The number of azide groups is 2. The molecule has 0 saturated carbocycles. The van der Waals surface area contributed by atoms with E-state index in [9.17, 15) is 78.9 Å². The van der Waals surface area contributed by atoms with Gasteiger partial charge >= 0.3 is 23.5 Å². The predicted octanol–water partition coefficient (Wildman–Crippen LogP) is 7.02. The van der Waals surface area contributed by atoms with Crippen molar-refractivity contribution in [3.05, 3.63) is 156 Å². The van der Waals surface area contributed by atoms with Crippen molar-refractivity contribution >= 4 is 123 Å². The molecule has 6 aromatic rings. The molecule has 3 amide bonds. The number of hydrogen-bond donors (Lipinski definition) is 8. The Morgan fingerprint density at radius 2 is 1.63 bits per heavy atom. The van der Waals surface area contributed by atoms with Gasteiger partial charge in [0, 0.05) is 156 Å². The SMILES string of the molecule is CN(CCCC(=O)CCCSSCCC(=O)CCCNC(=O)c1cccc(OCC(N=[N+]=[N-])OCCOCC(=O)NCC#Cc2cn([C@H]3C[C@@H](OCN=[N+]=[N-])[C@@H](COP(=O)(O)OP(=O)(O)OP(=O)(O)O)O3)c3ncnc(N)c23)c1)C(=O)c1ccccc1C1=c2cc3c(cc2Oc2cc4c(cc21)CCCN4CCCS(=O)(=O)O)=[N+](CCCS(=O)(=O)[O-])CCC3. The fraction of sp³-hybridized carbons (Fsp3) is 0.486. The van der Waals surface area contributed by atoms with Gasteiger partial charge in [0.2, 0.25) is 11.3 Å². The fourth-order valence-corrected chi connectivity index (χ4v) is 20.2. The number of hydrogen-bond acceptors (Lipinski definition) is 30. The quantitative estimate of drug-likeness (QED) is 0.00218. The molecular formula is C74H92N15O27P3S4. The number of aryl methyl sites for hydroxylation is 2. The summed E-state index contributed by atoms with van der Waals surface area (Å²) in [5, 5.41) is 14.2. The first-order chi connectivity index (χ1) is 58.6. The molecule has 123 heavy (non-hydrogen) atoms. The lowest BCUT2D eigenvalue weighted by molar-refractivity contribution is -0.126. The number of nitrogen functional groups attached to an aromatic ring is 1. The molecule has 4 aliphatic rings. The summed E-state index contributed by atoms with van der Waals surface area (Å²) in [5.74, 6) is 6.24. The van der Waals surface area contributed by atoms with Gasteiger partial charge in [0.25, 0.3) is 21.9 Å². The number of carbonyl (C=O) groups excluding carboxylic acids is 5. The van der Waals surface area contributed by atoms with Crippen molar-refractivity contribution in [2.45, 2.75) is 115 Å². The molecule has 1 fully saturated rings. The number of aromatic nitrogens is 3. The van der Waals surface area contributed by atoms with Crippen molar-refractivity contribution in [2.75, 3.05) is 126 Å². The largest absolute Gasteiger partial charge is 0.748 e. The van der Waals surface area contributed by atoms with E-state index in [1.54, 1.807) is 57.8 Å². The minimum atomic E-state index is -5.84. The van der Waals surface area contributed by atoms with E-state index >= 15 is 0 Å². The second kappa shape index (κ2) is 45.3. The van der Waals surface area contributed by atoms with Crippen molar-refractivity contribution in [1.82, 2.24) is 34.6 Å². The summed E-state index contributed by atoms with van der Waals surface area (Å²) in [6.07, 6.45) is 4.17. The molecule has 6 atom stereocenters. The number of anilines is 2. The Morgan fingerprint density at radius 3 is 2.41 bits per heavy atom. The van der Waals surface area contributed by atoms with Gasteiger partial charge in [0.05, 0.1) is 65.4 Å². The average molecular weight is 1840 g/mol. The molecule has 4 aliphatic heterocycles. The zero-order valence-corrected chi connectivity index (χ0v) is 72.4. The molecule has 0 radical (unpaired) electrons. The van der Waals surface area contributed by atoms with Gasteiger partial charge in [-0.15, -0.1) is 0 Å². The van der Waals surface area contributed by atoms with E-state index in [0.717, 1.165) is 70.5 Å². The number of nitrogens with one attached hydrogen (secondary N) is 2. The number of ketones is 2. The molecule has 10 rings (SSSR count). The standard InChI is InChI=1S/C74H92N15O27P3S4/c1-86(74(94)57-22-3-2-21-56(57)70-58-38-49-15-7-27-87(29-11-35-122(102,103)104)60(49)40-62(58)113-63-41-61-50(39-59(63)70)16-8-28-88(61)30-12-36-123(105,106)107)26-9-18-53(90)19-10-33-120-121-34-23-54(91)17-6-25-79-73(93)51-13-4-20-55(37-51)110-46-67(83-85-77)109-32-31-108-45-66(92)78-24-5-14-52-43-89(72-69(52)71(75)80-47-81-72)68-42-64(111-48-82-84-76)65(114-68)44-112-118(98,99)116-119(100,101)115-117(95,96)97/h2-4,13,20-22,37-41,43,47,64-65,67-68H,6-12,15-19,23-36,42,44-46,48H2,1H3,(H9-,75,78,79,80,81,92,93,95,96,97,98,99,100,101,102,103,104,105,106,107)/t64-,65-,67?,68-/m1/s1. The smallest absolute Gasteiger partial charge is 0.490 e. The highest BCUT2D eigenvalue weighted by Gasteiger charge is 2.44. The molecular weight excluding hydrogens is 1750 g/mol. The molecule has 0 bridgehead atoms. The zero-order chi connectivity index (χ0) is 88.5. The lowest BCUT2D eigenvalue weighted by Crippen LogP contribution is -2.40. The predicted molar refractivity (Wildman–Crippen MR) is 448 cm³/mol. The first-order valence-corrected chi connectivity index (χ1v) is 48.9. The van der Waals surface area contributed by atoms with Crippen LogP contribution in [0.4, 0.5) is 11.5 Å². The molecule has 2 aromatic heterocycles. The number of ether oxygens (including phenoxy) is 6. The van der Waals surface area contributed by atoms with Gasteiger partial charge in [-0.2, -0.15) is 17.0 Å². The van der Waals surface area contributed by atoms with Gasteiger partial charge in [-0.3, -0.25) is 33.0 Å². The van der Waals surface area contributed by atoms with Crippen molar-refractivity contribution in [3.8, 4) is 29.1 Å². The summed E-state index contributed by atoms with van der Waals surface area (Å²) in [4.78, 5) is 121. The van der Waals surface area contributed by atoms with Crippen LogP contribution in [0.2, 0.25) is 0 Å². The number of rotatable bonds is 49. The molecule has 49 heteroatoms. The number of amides is 3. The first kappa shape index (κ1) is 96.3. The normalized spacial score (nSPS) is 16.8. The molecule has 9 N–H and O–H groups in total. The monoisotopic (exact) mass is 1840 g/mol. The molecule has 0 aliphatic carbocycles. The van der Waals surface area contributed by atoms with Crippen LogP contribution in [0.5, 0.6) is 17.2 Å². The molecule has 42 nitrogen and oxygen atoms in total. The van der Waals surface area contributed by atoms with E-state index in [1.807, 2.05) is 30.3 Å². The van der Waals surface area contributed by atoms with Gasteiger partial charge in [-0.25, -0.2) is 36.7 Å². The number of benzene rings is 4. The lowest BCUT2D eigenvalue weighted by Gasteiger charge is -2.33. The number of carbonyl (C=O) groups is 5. The summed E-state index contributed by atoms with van der Waals surface area (Å²) in [6.45, 7) is 0.0170. The maximum Gasteiger partial charge on any atom is 0.490 e. The van der Waals surface area contributed by atoms with E-state index in [1.165, 1.54) is 16.8 Å². The van der Waals surface area contributed by atoms with Crippen molar-refractivity contribution in [3.63, 3.8) is 0 Å². The molecule has 3 unspecified atom stereocenters. The van der Waals surface area contributed by atoms with E-state index in [-0.39, 0.29) is 122 Å². The summed E-state index contributed by atoms with van der Waals surface area (Å²) < 4.78 is 154. The van der Waals surface area contributed by atoms with Gasteiger partial charge in [-0.1, -0.05) is 67.9 Å². The number of nitrogens with zero attached hydrogens (tertiary/aromatic N) is 12. The van der Waals surface area contributed by atoms with Crippen LogP contribution in [0.15, 0.2) is 95.5 Å². The van der Waals surface area contributed by atoms with Crippen LogP contribution in [0.25, 0.3) is 37.5 Å². The highest BCUT2D eigenvalue weighted by molar-refractivity contribution is 8.76. The number of fused-ring (bicyclic) bond motifs is 5. The highest BCUT2D eigenvalue weighted by atomic mass is 33.1. The van der Waals surface area contributed by atoms with Crippen LogP contribution >= 0.6 is 45.1 Å². The first-order valence-electron chi connectivity index (χ1n) is 38.7. The van der Waals surface area contributed by atoms with Crippen LogP contribution < -0.4 is 45.9 Å². The van der Waals surface area contributed by atoms with Gasteiger partial charge in [0.15, 0.2) is 6.23 Å². The van der Waals surface area contributed by atoms with Crippen LogP contribution in [0.1, 0.15) is 132 Å². The van der Waals surface area contributed by atoms with Crippen LogP contribution in [0.3, 0.4) is 0 Å². The van der Waals surface area contributed by atoms with Crippen molar-refractivity contribution in [2.24, 2.45) is 10.2 Å². The summed E-state index contributed by atoms with van der Waals surface area (Å²) in [6, 6.07) is 21.7. The Bertz CT molecular complexity index is 5570. The number of phosphoric acid groups is 3. The Balaban J connectivity index is 0.598. The number of Topliss-reactive ketones (excluding diaryl/α,β-unsaturated/α-hetero) is 2. The molecule has 6 heterocycles. The van der Waals surface area contributed by atoms with Gasteiger partial charge in [0.1, 0.15) is 92.0 Å². The van der Waals surface area contributed by atoms with E-state index in [4.69, 9.17) is 54.0 Å². The number of phosphoric ester groups is 1.